The van der Waals surface area contributed by atoms with Crippen molar-refractivity contribution >= 4 is 15.9 Å². The second-order valence-corrected chi connectivity index (χ2v) is 12.0. The molecule has 1 aliphatic heterocycles. The maximum Gasteiger partial charge on any atom is 0.254 e. The van der Waals surface area contributed by atoms with Crippen LogP contribution >= 0.6 is 0 Å². The standard InChI is InChI=1S/C30H36N2O6S/c1-21-17-32(22(2)19-33)30(34)28-15-8-7-14-27(28)26-13-6-5-10-23(26)20-38-29(21)18-31(3)39(35,36)25-12-9-11-24(16-25)37-4/h5-16,21-22,29,33H,17-20H2,1-4H3/t21-,22-,29+/m0/s1. The fraction of sp³-hybridized carbons (Fsp3) is 0.367. The predicted octanol–water partition coefficient (Wildman–Crippen LogP) is 4.04. The normalized spacial score (nSPS) is 19.1. The van der Waals surface area contributed by atoms with Crippen molar-refractivity contribution in [3.05, 3.63) is 83.9 Å². The van der Waals surface area contributed by atoms with Crippen LogP contribution in [0.3, 0.4) is 0 Å². The Labute approximate surface area is 230 Å². The van der Waals surface area contributed by atoms with Crippen molar-refractivity contribution in [3.63, 3.8) is 0 Å². The lowest BCUT2D eigenvalue weighted by Gasteiger charge is -2.35. The Balaban J connectivity index is 1.72. The van der Waals surface area contributed by atoms with E-state index >= 15 is 0 Å². The van der Waals surface area contributed by atoms with Crippen molar-refractivity contribution in [3.8, 4) is 16.9 Å². The monoisotopic (exact) mass is 552 g/mol. The van der Waals surface area contributed by atoms with E-state index in [2.05, 4.69) is 0 Å². The molecule has 4 rings (SSSR count). The van der Waals surface area contributed by atoms with Crippen molar-refractivity contribution in [2.24, 2.45) is 5.92 Å². The van der Waals surface area contributed by atoms with Gasteiger partial charge in [0, 0.05) is 37.7 Å². The number of amides is 1. The van der Waals surface area contributed by atoms with Gasteiger partial charge in [-0.05, 0) is 41.8 Å². The van der Waals surface area contributed by atoms with Crippen molar-refractivity contribution < 1.29 is 27.8 Å². The van der Waals surface area contributed by atoms with Crippen molar-refractivity contribution in [2.45, 2.75) is 37.5 Å². The number of carbonyl (C=O) groups is 1. The first-order valence-corrected chi connectivity index (χ1v) is 14.4. The van der Waals surface area contributed by atoms with Crippen molar-refractivity contribution in [2.75, 3.05) is 33.9 Å². The molecule has 3 aromatic carbocycles. The number of methoxy groups -OCH3 is 1. The number of hydrogen-bond donors (Lipinski definition) is 1. The zero-order chi connectivity index (χ0) is 28.2. The van der Waals surface area contributed by atoms with Gasteiger partial charge in [-0.2, -0.15) is 4.31 Å². The zero-order valence-electron chi connectivity index (χ0n) is 22.8. The smallest absolute Gasteiger partial charge is 0.254 e. The summed E-state index contributed by atoms with van der Waals surface area (Å²) in [5.74, 6) is 0.0162. The summed E-state index contributed by atoms with van der Waals surface area (Å²) < 4.78 is 39.8. The van der Waals surface area contributed by atoms with Gasteiger partial charge in [0.25, 0.3) is 5.91 Å². The van der Waals surface area contributed by atoms with E-state index in [9.17, 15) is 18.3 Å². The van der Waals surface area contributed by atoms with Gasteiger partial charge in [0.1, 0.15) is 5.75 Å². The van der Waals surface area contributed by atoms with Gasteiger partial charge in [-0.15, -0.1) is 0 Å². The zero-order valence-corrected chi connectivity index (χ0v) is 23.6. The molecule has 3 aromatic rings. The summed E-state index contributed by atoms with van der Waals surface area (Å²) >= 11 is 0. The highest BCUT2D eigenvalue weighted by Crippen LogP contribution is 2.31. The summed E-state index contributed by atoms with van der Waals surface area (Å²) in [6, 6.07) is 21.1. The fourth-order valence-corrected chi connectivity index (χ4v) is 6.06. The number of aliphatic hydroxyl groups is 1. The number of aliphatic hydroxyl groups excluding tert-OH is 1. The molecule has 0 radical (unpaired) electrons. The number of hydrogen-bond acceptors (Lipinski definition) is 6. The molecular weight excluding hydrogens is 516 g/mol. The van der Waals surface area contributed by atoms with Crippen LogP contribution in [0, 0.1) is 5.92 Å². The summed E-state index contributed by atoms with van der Waals surface area (Å²) in [6.45, 7) is 4.14. The second-order valence-electron chi connectivity index (χ2n) is 9.98. The summed E-state index contributed by atoms with van der Waals surface area (Å²) in [7, 11) is -0.819. The van der Waals surface area contributed by atoms with Crippen molar-refractivity contribution in [1.29, 1.82) is 0 Å². The Kier molecular flexibility index (Phi) is 9.07. The molecule has 0 aromatic heterocycles. The summed E-state index contributed by atoms with van der Waals surface area (Å²) in [6.07, 6.45) is -0.536. The third-order valence-corrected chi connectivity index (χ3v) is 9.10. The molecule has 0 saturated heterocycles. The summed E-state index contributed by atoms with van der Waals surface area (Å²) in [5, 5.41) is 10.0. The third-order valence-electron chi connectivity index (χ3n) is 7.28. The van der Waals surface area contributed by atoms with Crippen LogP contribution in [0.1, 0.15) is 29.8 Å². The first-order chi connectivity index (χ1) is 18.7. The number of fused-ring (bicyclic) bond motifs is 3. The van der Waals surface area contributed by atoms with Crippen LogP contribution in [0.15, 0.2) is 77.7 Å². The molecule has 1 aliphatic rings. The van der Waals surface area contributed by atoms with E-state index < -0.39 is 22.2 Å². The van der Waals surface area contributed by atoms with E-state index in [1.165, 1.54) is 30.6 Å². The predicted molar refractivity (Wildman–Crippen MR) is 150 cm³/mol. The van der Waals surface area contributed by atoms with Crippen LogP contribution in [0.25, 0.3) is 11.1 Å². The number of likely N-dealkylation sites (N-methyl/N-ethyl adjacent to an activating group) is 1. The van der Waals surface area contributed by atoms with Gasteiger partial charge < -0.3 is 19.5 Å². The van der Waals surface area contributed by atoms with Gasteiger partial charge in [-0.3, -0.25) is 4.79 Å². The lowest BCUT2D eigenvalue weighted by Crippen LogP contribution is -2.47. The minimum Gasteiger partial charge on any atom is -0.497 e. The minimum atomic E-state index is -3.84. The van der Waals surface area contributed by atoms with Gasteiger partial charge in [0.15, 0.2) is 0 Å². The third kappa shape index (κ3) is 6.17. The van der Waals surface area contributed by atoms with E-state index in [0.29, 0.717) is 11.3 Å². The lowest BCUT2D eigenvalue weighted by molar-refractivity contribution is -0.0146. The molecule has 0 bridgehead atoms. The minimum absolute atomic E-state index is 0.0748. The van der Waals surface area contributed by atoms with E-state index in [-0.39, 0.29) is 43.0 Å². The van der Waals surface area contributed by atoms with Crippen LogP contribution in [0.2, 0.25) is 0 Å². The first kappa shape index (κ1) is 28.8. The topological polar surface area (TPSA) is 96.4 Å². The molecule has 9 heteroatoms. The largest absolute Gasteiger partial charge is 0.497 e. The Morgan fingerprint density at radius 3 is 2.41 bits per heavy atom. The second kappa shape index (κ2) is 12.3. The van der Waals surface area contributed by atoms with Crippen molar-refractivity contribution in [1.82, 2.24) is 9.21 Å². The molecule has 0 spiro atoms. The SMILES string of the molecule is COc1cccc(S(=O)(=O)N(C)C[C@H]2OCc3ccccc3-c3ccccc3C(=O)N([C@@H](C)CO)C[C@@H]2C)c1. The molecule has 0 saturated carbocycles. The van der Waals surface area contributed by atoms with Gasteiger partial charge in [-0.25, -0.2) is 8.42 Å². The average molecular weight is 553 g/mol. The Bertz CT molecular complexity index is 1410. The highest BCUT2D eigenvalue weighted by molar-refractivity contribution is 7.89. The molecule has 0 unspecified atom stereocenters. The van der Waals surface area contributed by atoms with E-state index in [4.69, 9.17) is 9.47 Å². The average Bonchev–Trinajstić information content (AvgIpc) is 2.98. The number of rotatable bonds is 7. The summed E-state index contributed by atoms with van der Waals surface area (Å²) in [4.78, 5) is 15.7. The van der Waals surface area contributed by atoms with Crippen LogP contribution in [0.5, 0.6) is 5.75 Å². The van der Waals surface area contributed by atoms with Gasteiger partial charge in [-0.1, -0.05) is 55.5 Å². The molecule has 208 valence electrons. The Morgan fingerprint density at radius 1 is 1.05 bits per heavy atom. The van der Waals surface area contributed by atoms with Crippen LogP contribution in [-0.2, 0) is 21.4 Å². The Hall–Kier alpha value is -3.24. The molecule has 0 fully saturated rings. The molecule has 1 N–H and O–H groups in total. The molecule has 0 aliphatic carbocycles. The quantitative estimate of drug-likeness (QED) is 0.475. The van der Waals surface area contributed by atoms with E-state index in [1.54, 1.807) is 30.0 Å². The number of ether oxygens (including phenoxy) is 2. The number of nitrogens with zero attached hydrogens (tertiary/aromatic N) is 2. The lowest BCUT2D eigenvalue weighted by atomic mass is 9.94. The van der Waals surface area contributed by atoms with E-state index in [0.717, 1.165) is 16.7 Å². The van der Waals surface area contributed by atoms with E-state index in [1.807, 2.05) is 49.4 Å². The highest BCUT2D eigenvalue weighted by Gasteiger charge is 2.32. The van der Waals surface area contributed by atoms with Crippen LogP contribution < -0.4 is 4.74 Å². The number of carbonyl (C=O) groups excluding carboxylic acids is 1. The summed E-state index contributed by atoms with van der Waals surface area (Å²) in [5.41, 5.74) is 3.12. The molecule has 3 atom stereocenters. The molecule has 8 nitrogen and oxygen atoms in total. The fourth-order valence-electron chi connectivity index (χ4n) is 4.84. The molecule has 39 heavy (non-hydrogen) atoms. The maximum atomic E-state index is 13.9. The van der Waals surface area contributed by atoms with Crippen LogP contribution in [0.4, 0.5) is 0 Å². The van der Waals surface area contributed by atoms with Gasteiger partial charge in [0.05, 0.1) is 37.4 Å². The maximum absolute atomic E-state index is 13.9. The molecular formula is C30H36N2O6S. The first-order valence-electron chi connectivity index (χ1n) is 13.0. The molecule has 1 amide bonds. The number of sulfonamides is 1. The van der Waals surface area contributed by atoms with Crippen LogP contribution in [-0.4, -0.2) is 74.6 Å². The van der Waals surface area contributed by atoms with Gasteiger partial charge >= 0.3 is 0 Å². The Morgan fingerprint density at radius 2 is 1.72 bits per heavy atom. The number of benzene rings is 3. The van der Waals surface area contributed by atoms with Gasteiger partial charge in [0.2, 0.25) is 10.0 Å². The molecule has 1 heterocycles. The highest BCUT2D eigenvalue weighted by atomic mass is 32.2.